The molecule has 0 aliphatic carbocycles. The van der Waals surface area contributed by atoms with E-state index >= 15 is 0 Å². The van der Waals surface area contributed by atoms with Gasteiger partial charge in [0.25, 0.3) is 0 Å². The summed E-state index contributed by atoms with van der Waals surface area (Å²) in [5.41, 5.74) is 1.19. The number of carbonyl (C=O) groups is 1. The summed E-state index contributed by atoms with van der Waals surface area (Å²) < 4.78 is 18.5. The lowest BCUT2D eigenvalue weighted by molar-refractivity contribution is 0.101. The largest absolute Gasteiger partial charge is 0.489 e. The minimum Gasteiger partial charge on any atom is -0.489 e. The van der Waals surface area contributed by atoms with Gasteiger partial charge in [0, 0.05) is 5.56 Å². The second-order valence-electron chi connectivity index (χ2n) is 4.12. The quantitative estimate of drug-likeness (QED) is 0.781. The lowest BCUT2D eigenvalue weighted by Crippen LogP contribution is -1.98. The van der Waals surface area contributed by atoms with Gasteiger partial charge in [0.05, 0.1) is 5.02 Å². The van der Waals surface area contributed by atoms with E-state index in [2.05, 4.69) is 0 Å². The molecular weight excluding hydrogens is 267 g/mol. The molecule has 2 aromatic carbocycles. The molecule has 0 saturated heterocycles. The molecule has 0 N–H and O–H groups in total. The predicted molar refractivity (Wildman–Crippen MR) is 72.2 cm³/mol. The Kier molecular flexibility index (Phi) is 4.17. The highest BCUT2D eigenvalue weighted by Crippen LogP contribution is 2.23. The monoisotopic (exact) mass is 278 g/mol. The summed E-state index contributed by atoms with van der Waals surface area (Å²) in [6, 6.07) is 11.0. The van der Waals surface area contributed by atoms with E-state index in [0.717, 1.165) is 5.56 Å². The standard InChI is InChI=1S/C15H12ClFO2/c1-10(18)14-6-5-13(8-15(14)16)19-9-11-3-2-4-12(17)7-11/h2-8H,9H2,1H3. The summed E-state index contributed by atoms with van der Waals surface area (Å²) >= 11 is 5.97. The van der Waals surface area contributed by atoms with Gasteiger partial charge in [-0.05, 0) is 42.8 Å². The zero-order chi connectivity index (χ0) is 13.8. The third kappa shape index (κ3) is 3.55. The van der Waals surface area contributed by atoms with Crippen LogP contribution >= 0.6 is 11.6 Å². The van der Waals surface area contributed by atoms with Gasteiger partial charge in [-0.25, -0.2) is 4.39 Å². The Hall–Kier alpha value is -1.87. The first-order valence-corrected chi connectivity index (χ1v) is 6.12. The van der Waals surface area contributed by atoms with E-state index in [1.54, 1.807) is 30.3 Å². The SMILES string of the molecule is CC(=O)c1ccc(OCc2cccc(F)c2)cc1Cl. The van der Waals surface area contributed by atoms with Crippen LogP contribution in [0.2, 0.25) is 5.02 Å². The fourth-order valence-electron chi connectivity index (χ4n) is 1.66. The first kappa shape index (κ1) is 13.6. The summed E-state index contributed by atoms with van der Waals surface area (Å²) in [5, 5.41) is 0.351. The van der Waals surface area contributed by atoms with Crippen molar-refractivity contribution < 1.29 is 13.9 Å². The van der Waals surface area contributed by atoms with Crippen LogP contribution in [-0.4, -0.2) is 5.78 Å². The lowest BCUT2D eigenvalue weighted by Gasteiger charge is -2.08. The normalized spacial score (nSPS) is 10.3. The van der Waals surface area contributed by atoms with Crippen molar-refractivity contribution in [3.63, 3.8) is 0 Å². The van der Waals surface area contributed by atoms with Crippen LogP contribution < -0.4 is 4.74 Å². The maximum atomic E-state index is 13.0. The van der Waals surface area contributed by atoms with Crippen LogP contribution in [0.3, 0.4) is 0 Å². The van der Waals surface area contributed by atoms with Gasteiger partial charge in [0.15, 0.2) is 5.78 Å². The van der Waals surface area contributed by atoms with Gasteiger partial charge in [-0.1, -0.05) is 23.7 Å². The van der Waals surface area contributed by atoms with Crippen LogP contribution in [0.25, 0.3) is 0 Å². The number of rotatable bonds is 4. The second kappa shape index (κ2) is 5.85. The molecule has 0 saturated carbocycles. The number of Topliss-reactive ketones (excluding diaryl/α,β-unsaturated/α-hetero) is 1. The van der Waals surface area contributed by atoms with E-state index in [-0.39, 0.29) is 18.2 Å². The summed E-state index contributed by atoms with van der Waals surface area (Å²) in [5.74, 6) is 0.145. The second-order valence-corrected chi connectivity index (χ2v) is 4.52. The third-order valence-electron chi connectivity index (χ3n) is 2.61. The molecule has 0 aliphatic rings. The Morgan fingerprint density at radius 2 is 2.05 bits per heavy atom. The maximum absolute atomic E-state index is 13.0. The summed E-state index contributed by atoms with van der Waals surface area (Å²) in [6.07, 6.45) is 0. The van der Waals surface area contributed by atoms with E-state index in [0.29, 0.717) is 16.3 Å². The molecule has 0 unspecified atom stereocenters. The fourth-order valence-corrected chi connectivity index (χ4v) is 1.97. The van der Waals surface area contributed by atoms with Crippen molar-refractivity contribution in [3.8, 4) is 5.75 Å². The average Bonchev–Trinajstić information content (AvgIpc) is 2.36. The fraction of sp³-hybridized carbons (Fsp3) is 0.133. The van der Waals surface area contributed by atoms with Crippen LogP contribution in [0.5, 0.6) is 5.75 Å². The van der Waals surface area contributed by atoms with E-state index in [4.69, 9.17) is 16.3 Å². The molecule has 0 atom stereocenters. The number of carbonyl (C=O) groups excluding carboxylic acids is 1. The number of benzene rings is 2. The summed E-state index contributed by atoms with van der Waals surface area (Å²) in [4.78, 5) is 11.2. The van der Waals surface area contributed by atoms with Crippen molar-refractivity contribution in [1.29, 1.82) is 0 Å². The smallest absolute Gasteiger partial charge is 0.161 e. The van der Waals surface area contributed by atoms with E-state index in [1.807, 2.05) is 0 Å². The van der Waals surface area contributed by atoms with Crippen molar-refractivity contribution in [3.05, 3.63) is 64.4 Å². The Bertz CT molecular complexity index is 611. The molecule has 2 rings (SSSR count). The van der Waals surface area contributed by atoms with Crippen molar-refractivity contribution in [1.82, 2.24) is 0 Å². The summed E-state index contributed by atoms with van der Waals surface area (Å²) in [6.45, 7) is 1.70. The van der Waals surface area contributed by atoms with Crippen molar-refractivity contribution in [2.24, 2.45) is 0 Å². The van der Waals surface area contributed by atoms with Crippen LogP contribution in [0, 0.1) is 5.82 Å². The van der Waals surface area contributed by atoms with Gasteiger partial charge >= 0.3 is 0 Å². The van der Waals surface area contributed by atoms with Crippen LogP contribution in [0.4, 0.5) is 4.39 Å². The number of hydrogen-bond donors (Lipinski definition) is 0. The molecule has 0 spiro atoms. The predicted octanol–water partition coefficient (Wildman–Crippen LogP) is 4.26. The highest BCUT2D eigenvalue weighted by Gasteiger charge is 2.07. The van der Waals surface area contributed by atoms with Crippen molar-refractivity contribution >= 4 is 17.4 Å². The Labute approximate surface area is 115 Å². The van der Waals surface area contributed by atoms with E-state index in [1.165, 1.54) is 19.1 Å². The molecule has 4 heteroatoms. The lowest BCUT2D eigenvalue weighted by atomic mass is 10.1. The molecule has 0 amide bonds. The third-order valence-corrected chi connectivity index (χ3v) is 2.93. The average molecular weight is 279 g/mol. The molecule has 0 heterocycles. The molecule has 98 valence electrons. The number of hydrogen-bond acceptors (Lipinski definition) is 2. The van der Waals surface area contributed by atoms with Crippen LogP contribution in [0.15, 0.2) is 42.5 Å². The first-order chi connectivity index (χ1) is 9.06. The number of halogens is 2. The van der Waals surface area contributed by atoms with Gasteiger partial charge in [0.2, 0.25) is 0 Å². The number of ketones is 1. The first-order valence-electron chi connectivity index (χ1n) is 5.74. The molecule has 0 radical (unpaired) electrons. The molecule has 0 fully saturated rings. The maximum Gasteiger partial charge on any atom is 0.161 e. The molecule has 0 aromatic heterocycles. The Balaban J connectivity index is 2.08. The van der Waals surface area contributed by atoms with Gasteiger partial charge in [0.1, 0.15) is 18.2 Å². The minimum atomic E-state index is -0.300. The van der Waals surface area contributed by atoms with Gasteiger partial charge in [-0.15, -0.1) is 0 Å². The van der Waals surface area contributed by atoms with Crippen LogP contribution in [0.1, 0.15) is 22.8 Å². The minimum absolute atomic E-state index is 0.0957. The van der Waals surface area contributed by atoms with Gasteiger partial charge < -0.3 is 4.74 Å². The zero-order valence-electron chi connectivity index (χ0n) is 10.3. The Morgan fingerprint density at radius 3 is 2.68 bits per heavy atom. The highest BCUT2D eigenvalue weighted by atomic mass is 35.5. The molecule has 2 aromatic rings. The molecule has 19 heavy (non-hydrogen) atoms. The van der Waals surface area contributed by atoms with Crippen molar-refractivity contribution in [2.75, 3.05) is 0 Å². The molecule has 2 nitrogen and oxygen atoms in total. The van der Waals surface area contributed by atoms with Crippen molar-refractivity contribution in [2.45, 2.75) is 13.5 Å². The molecule has 0 aliphatic heterocycles. The van der Waals surface area contributed by atoms with E-state index < -0.39 is 0 Å². The van der Waals surface area contributed by atoms with Crippen LogP contribution in [-0.2, 0) is 6.61 Å². The topological polar surface area (TPSA) is 26.3 Å². The summed E-state index contributed by atoms with van der Waals surface area (Å²) in [7, 11) is 0. The van der Waals surface area contributed by atoms with E-state index in [9.17, 15) is 9.18 Å². The van der Waals surface area contributed by atoms with Gasteiger partial charge in [-0.2, -0.15) is 0 Å². The Morgan fingerprint density at radius 1 is 1.26 bits per heavy atom. The molecular formula is C15H12ClFO2. The highest BCUT2D eigenvalue weighted by molar-refractivity contribution is 6.34. The van der Waals surface area contributed by atoms with Gasteiger partial charge in [-0.3, -0.25) is 4.79 Å². The number of ether oxygens (including phenoxy) is 1. The zero-order valence-corrected chi connectivity index (χ0v) is 11.1. The molecule has 0 bridgehead atoms.